The van der Waals surface area contributed by atoms with Crippen molar-refractivity contribution in [3.63, 3.8) is 0 Å². The van der Waals surface area contributed by atoms with E-state index in [4.69, 9.17) is 9.97 Å². The van der Waals surface area contributed by atoms with Crippen LogP contribution in [0.25, 0.3) is 17.0 Å². The average molecular weight is 701 g/mol. The van der Waals surface area contributed by atoms with Crippen molar-refractivity contribution in [1.82, 2.24) is 28.5 Å². The first-order valence-corrected chi connectivity index (χ1v) is 15.9. The number of hydrogen-bond acceptors (Lipinski definition) is 9. The molecule has 2 aliphatic rings. The third kappa shape index (κ3) is 5.48. The van der Waals surface area contributed by atoms with Gasteiger partial charge in [-0.3, -0.25) is 14.1 Å². The number of nitrogens with zero attached hydrogens (tertiary/aromatic N) is 8. The Bertz CT molecular complexity index is 1680. The Morgan fingerprint density at radius 1 is 1.29 bits per heavy atom. The molecule has 6 rings (SSSR count). The minimum absolute atomic E-state index is 0.0862. The Balaban J connectivity index is 1.23. The number of carbonyl (C=O) groups is 1. The number of aryl methyl sites for hydroxylation is 1. The van der Waals surface area contributed by atoms with Crippen LogP contribution in [-0.4, -0.2) is 82.9 Å². The van der Waals surface area contributed by atoms with Crippen LogP contribution >= 0.6 is 34.1 Å². The van der Waals surface area contributed by atoms with Gasteiger partial charge in [-0.1, -0.05) is 35.6 Å². The minimum atomic E-state index is -0.475. The standard InChI is InChI=1S/C29H30FIN8O2S/c1-3-23-28(36(2)29-34-27(35-42-29)22-6-5-20(30)10-19(22)12-32)39-13-18(4-7-25(39)33-23)17-8-9-37(24(31)11-17)16-26(41)38-14-21(40)15-38/h4-7,10,13,17,21,24,40H,3,8-9,11,14-16H2,1-2H3. The van der Waals surface area contributed by atoms with Crippen molar-refractivity contribution in [3.05, 3.63) is 59.2 Å². The molecule has 0 bridgehead atoms. The topological polar surface area (TPSA) is 114 Å². The number of fused-ring (bicyclic) bond motifs is 1. The van der Waals surface area contributed by atoms with Crippen molar-refractivity contribution >= 4 is 56.6 Å². The Morgan fingerprint density at radius 2 is 2.10 bits per heavy atom. The smallest absolute Gasteiger partial charge is 0.236 e. The summed E-state index contributed by atoms with van der Waals surface area (Å²) in [5, 5.41) is 19.6. The number of hydrogen-bond donors (Lipinski definition) is 1. The molecule has 5 heterocycles. The monoisotopic (exact) mass is 700 g/mol. The predicted molar refractivity (Wildman–Crippen MR) is 167 cm³/mol. The third-order valence-electron chi connectivity index (χ3n) is 8.05. The SMILES string of the molecule is CCc1nc2ccc(C3CCN(CC(=O)N4CC(O)C4)C(I)C3)cn2c1N(C)c1nc(-c2ccc(F)cc2C#N)ns1. The molecule has 10 nitrogen and oxygen atoms in total. The molecule has 1 N–H and O–H groups in total. The van der Waals surface area contributed by atoms with Crippen molar-refractivity contribution in [3.8, 4) is 17.5 Å². The molecule has 2 atom stereocenters. The lowest BCUT2D eigenvalue weighted by Crippen LogP contribution is -2.56. The molecule has 2 fully saturated rings. The van der Waals surface area contributed by atoms with Gasteiger partial charge in [-0.05, 0) is 55.0 Å². The number of benzene rings is 1. The van der Waals surface area contributed by atoms with E-state index in [1.165, 1.54) is 35.3 Å². The number of pyridine rings is 1. The van der Waals surface area contributed by atoms with E-state index in [9.17, 15) is 19.6 Å². The number of imidazole rings is 1. The molecule has 0 spiro atoms. The number of aromatic nitrogens is 4. The van der Waals surface area contributed by atoms with Gasteiger partial charge in [0.05, 0.1) is 34.0 Å². The number of anilines is 2. The van der Waals surface area contributed by atoms with Gasteiger partial charge < -0.3 is 14.9 Å². The van der Waals surface area contributed by atoms with Crippen LogP contribution in [0.2, 0.25) is 0 Å². The molecule has 1 amide bonds. The summed E-state index contributed by atoms with van der Waals surface area (Å²) in [5.41, 5.74) is 3.69. The van der Waals surface area contributed by atoms with Gasteiger partial charge in [0.2, 0.25) is 11.0 Å². The van der Waals surface area contributed by atoms with Gasteiger partial charge in [0, 0.05) is 50.0 Å². The molecular formula is C29H30FIN8O2S. The van der Waals surface area contributed by atoms with Gasteiger partial charge in [0.25, 0.3) is 0 Å². The Morgan fingerprint density at radius 3 is 2.81 bits per heavy atom. The van der Waals surface area contributed by atoms with Crippen LogP contribution < -0.4 is 4.90 Å². The van der Waals surface area contributed by atoms with E-state index in [2.05, 4.69) is 61.5 Å². The average Bonchev–Trinajstić information content (AvgIpc) is 3.61. The summed E-state index contributed by atoms with van der Waals surface area (Å²) in [6.45, 7) is 4.17. The zero-order chi connectivity index (χ0) is 29.5. The maximum absolute atomic E-state index is 13.7. The largest absolute Gasteiger partial charge is 0.389 e. The lowest BCUT2D eigenvalue weighted by Gasteiger charge is -2.40. The van der Waals surface area contributed by atoms with E-state index < -0.39 is 5.82 Å². The summed E-state index contributed by atoms with van der Waals surface area (Å²) in [5.74, 6) is 1.24. The molecule has 13 heteroatoms. The highest BCUT2D eigenvalue weighted by Crippen LogP contribution is 2.37. The Kier molecular flexibility index (Phi) is 8.14. The number of likely N-dealkylation sites (tertiary alicyclic amines) is 2. The Labute approximate surface area is 260 Å². The van der Waals surface area contributed by atoms with Crippen molar-refractivity contribution in [1.29, 1.82) is 5.26 Å². The van der Waals surface area contributed by atoms with E-state index in [1.54, 1.807) is 4.90 Å². The van der Waals surface area contributed by atoms with Crippen molar-refractivity contribution in [2.75, 3.05) is 38.1 Å². The first-order chi connectivity index (χ1) is 20.2. The first kappa shape index (κ1) is 28.9. The van der Waals surface area contributed by atoms with Crippen LogP contribution in [0.4, 0.5) is 15.3 Å². The molecule has 2 saturated heterocycles. The van der Waals surface area contributed by atoms with E-state index >= 15 is 0 Å². The fourth-order valence-corrected chi connectivity index (χ4v) is 7.40. The molecule has 218 valence electrons. The van der Waals surface area contributed by atoms with E-state index in [1.807, 2.05) is 18.0 Å². The van der Waals surface area contributed by atoms with E-state index in [0.29, 0.717) is 42.1 Å². The lowest BCUT2D eigenvalue weighted by atomic mass is 9.90. The number of amides is 1. The number of aliphatic hydroxyl groups excluding tert-OH is 1. The van der Waals surface area contributed by atoms with Gasteiger partial charge in [-0.2, -0.15) is 14.6 Å². The van der Waals surface area contributed by atoms with Crippen molar-refractivity contribution < 1.29 is 14.3 Å². The fourth-order valence-electron chi connectivity index (χ4n) is 5.66. The summed E-state index contributed by atoms with van der Waals surface area (Å²) >= 11 is 3.66. The highest BCUT2D eigenvalue weighted by atomic mass is 127. The lowest BCUT2D eigenvalue weighted by molar-refractivity contribution is -0.142. The number of β-amino-alcohol motifs (C(OH)–C–C–N with tert-alkyl or cyclic N) is 1. The molecule has 4 aromatic rings. The number of aliphatic hydroxyl groups is 1. The van der Waals surface area contributed by atoms with Gasteiger partial charge in [-0.25, -0.2) is 9.37 Å². The van der Waals surface area contributed by atoms with Crippen LogP contribution in [0.5, 0.6) is 0 Å². The predicted octanol–water partition coefficient (Wildman–Crippen LogP) is 4.34. The number of alkyl halides is 1. The maximum Gasteiger partial charge on any atom is 0.236 e. The fraction of sp³-hybridized carbons (Fsp3) is 0.414. The zero-order valence-corrected chi connectivity index (χ0v) is 26.2. The summed E-state index contributed by atoms with van der Waals surface area (Å²) < 4.78 is 20.5. The Hall–Kier alpha value is -3.19. The zero-order valence-electron chi connectivity index (χ0n) is 23.2. The second-order valence-corrected chi connectivity index (χ2v) is 12.9. The second kappa shape index (κ2) is 11.8. The molecule has 0 saturated carbocycles. The number of nitriles is 1. The molecule has 2 aliphatic heterocycles. The van der Waals surface area contributed by atoms with Crippen LogP contribution in [0.15, 0.2) is 36.5 Å². The van der Waals surface area contributed by atoms with Crippen LogP contribution in [-0.2, 0) is 11.2 Å². The number of carbonyl (C=O) groups excluding carboxylic acids is 1. The van der Waals surface area contributed by atoms with Gasteiger partial charge in [0.15, 0.2) is 5.82 Å². The highest BCUT2D eigenvalue weighted by Gasteiger charge is 2.34. The number of rotatable bonds is 7. The van der Waals surface area contributed by atoms with E-state index in [-0.39, 0.29) is 21.6 Å². The van der Waals surface area contributed by atoms with Crippen LogP contribution in [0.1, 0.15) is 42.5 Å². The highest BCUT2D eigenvalue weighted by molar-refractivity contribution is 14.1. The van der Waals surface area contributed by atoms with Crippen LogP contribution in [0.3, 0.4) is 0 Å². The normalized spacial score (nSPS) is 19.6. The van der Waals surface area contributed by atoms with Crippen molar-refractivity contribution in [2.24, 2.45) is 0 Å². The maximum atomic E-state index is 13.7. The van der Waals surface area contributed by atoms with Gasteiger partial charge in [-0.15, -0.1) is 0 Å². The second-order valence-electron chi connectivity index (χ2n) is 10.8. The minimum Gasteiger partial charge on any atom is -0.389 e. The summed E-state index contributed by atoms with van der Waals surface area (Å²) in [4.78, 5) is 28.1. The number of piperidine rings is 1. The van der Waals surface area contributed by atoms with Gasteiger partial charge in [0.1, 0.15) is 17.3 Å². The molecule has 2 unspecified atom stereocenters. The van der Waals surface area contributed by atoms with E-state index in [0.717, 1.165) is 43.0 Å². The first-order valence-electron chi connectivity index (χ1n) is 13.9. The summed E-state index contributed by atoms with van der Waals surface area (Å²) in [7, 11) is 1.93. The third-order valence-corrected chi connectivity index (χ3v) is 10.1. The van der Waals surface area contributed by atoms with Gasteiger partial charge >= 0.3 is 0 Å². The molecular weight excluding hydrogens is 670 g/mol. The molecule has 0 aliphatic carbocycles. The molecule has 42 heavy (non-hydrogen) atoms. The molecule has 1 aromatic carbocycles. The molecule has 0 radical (unpaired) electrons. The van der Waals surface area contributed by atoms with Crippen LogP contribution in [0, 0.1) is 17.1 Å². The summed E-state index contributed by atoms with van der Waals surface area (Å²) in [6, 6.07) is 10.3. The quantitative estimate of drug-likeness (QED) is 0.172. The summed E-state index contributed by atoms with van der Waals surface area (Å²) in [6.07, 6.45) is 4.39. The van der Waals surface area contributed by atoms with Crippen molar-refractivity contribution in [2.45, 2.75) is 42.3 Å². The number of halogens is 2. The molecule has 3 aromatic heterocycles.